The van der Waals surface area contributed by atoms with Crippen LogP contribution in [0.1, 0.15) is 31.7 Å². The van der Waals surface area contributed by atoms with Crippen LogP contribution < -0.4 is 11.1 Å². The van der Waals surface area contributed by atoms with E-state index in [9.17, 15) is 14.4 Å². The monoisotopic (exact) mass is 238 g/mol. The Morgan fingerprint density at radius 3 is 2.53 bits per heavy atom. The maximum absolute atomic E-state index is 11.6. The van der Waals surface area contributed by atoms with E-state index >= 15 is 0 Å². The molecule has 0 atom stereocenters. The summed E-state index contributed by atoms with van der Waals surface area (Å²) in [6, 6.07) is -0.0552. The summed E-state index contributed by atoms with van der Waals surface area (Å²) in [4.78, 5) is 35.9. The van der Waals surface area contributed by atoms with E-state index < -0.39 is 17.1 Å². The molecule has 1 saturated carbocycles. The van der Waals surface area contributed by atoms with E-state index in [1.807, 2.05) is 0 Å². The molecule has 0 saturated heterocycles. The molecule has 1 aromatic heterocycles. The van der Waals surface area contributed by atoms with Crippen molar-refractivity contribution < 1.29 is 9.90 Å². The Labute approximate surface area is 96.9 Å². The van der Waals surface area contributed by atoms with Gasteiger partial charge in [0.15, 0.2) is 0 Å². The van der Waals surface area contributed by atoms with Crippen molar-refractivity contribution in [2.45, 2.75) is 31.7 Å². The number of aromatic nitrogens is 2. The Hall–Kier alpha value is -1.85. The SMILES string of the molecule is O=C(O)C1CCC(n2cc[nH]c(=O)c2=O)CC1. The Morgan fingerprint density at radius 2 is 1.94 bits per heavy atom. The fourth-order valence-corrected chi connectivity index (χ4v) is 2.33. The largest absolute Gasteiger partial charge is 0.481 e. The standard InChI is InChI=1S/C11H14N2O4/c14-9-10(15)13(6-5-12-9)8-3-1-7(2-4-8)11(16)17/h5-8H,1-4H2,(H,12,14)(H,16,17). The number of hydrogen-bond acceptors (Lipinski definition) is 3. The summed E-state index contributed by atoms with van der Waals surface area (Å²) in [6.45, 7) is 0. The summed E-state index contributed by atoms with van der Waals surface area (Å²) in [7, 11) is 0. The van der Waals surface area contributed by atoms with Gasteiger partial charge in [-0.3, -0.25) is 14.4 Å². The average Bonchev–Trinajstić information content (AvgIpc) is 2.33. The number of aliphatic carboxylic acids is 1. The summed E-state index contributed by atoms with van der Waals surface area (Å²) in [5.74, 6) is -1.09. The number of rotatable bonds is 2. The molecule has 1 aromatic rings. The van der Waals surface area contributed by atoms with Crippen LogP contribution in [0.2, 0.25) is 0 Å². The molecule has 0 spiro atoms. The maximum atomic E-state index is 11.6. The third-order valence-corrected chi connectivity index (χ3v) is 3.32. The van der Waals surface area contributed by atoms with E-state index in [2.05, 4.69) is 4.98 Å². The van der Waals surface area contributed by atoms with Crippen LogP contribution in [0.25, 0.3) is 0 Å². The molecular weight excluding hydrogens is 224 g/mol. The van der Waals surface area contributed by atoms with Gasteiger partial charge in [0, 0.05) is 18.4 Å². The van der Waals surface area contributed by atoms with Crippen LogP contribution in [-0.4, -0.2) is 20.6 Å². The molecule has 2 rings (SSSR count). The van der Waals surface area contributed by atoms with Gasteiger partial charge in [0.2, 0.25) is 0 Å². The normalized spacial score (nSPS) is 24.5. The fourth-order valence-electron chi connectivity index (χ4n) is 2.33. The lowest BCUT2D eigenvalue weighted by molar-refractivity contribution is -0.143. The molecule has 17 heavy (non-hydrogen) atoms. The van der Waals surface area contributed by atoms with E-state index in [1.165, 1.54) is 10.8 Å². The Morgan fingerprint density at radius 1 is 1.29 bits per heavy atom. The summed E-state index contributed by atoms with van der Waals surface area (Å²) in [5.41, 5.74) is -1.20. The van der Waals surface area contributed by atoms with Gasteiger partial charge in [0.25, 0.3) is 0 Å². The predicted octanol–water partition coefficient (Wildman–Crippen LogP) is 0.353. The molecule has 2 N–H and O–H groups in total. The van der Waals surface area contributed by atoms with Crippen LogP contribution >= 0.6 is 0 Å². The minimum atomic E-state index is -0.776. The molecule has 6 nitrogen and oxygen atoms in total. The molecule has 1 aliphatic rings. The van der Waals surface area contributed by atoms with Gasteiger partial charge >= 0.3 is 17.1 Å². The highest BCUT2D eigenvalue weighted by Crippen LogP contribution is 2.31. The Kier molecular flexibility index (Phi) is 3.12. The molecule has 6 heteroatoms. The van der Waals surface area contributed by atoms with Gasteiger partial charge < -0.3 is 14.7 Å². The number of carboxylic acids is 1. The third-order valence-electron chi connectivity index (χ3n) is 3.32. The summed E-state index contributed by atoms with van der Waals surface area (Å²) < 4.78 is 1.41. The van der Waals surface area contributed by atoms with Crippen LogP contribution in [0.3, 0.4) is 0 Å². The van der Waals surface area contributed by atoms with Crippen molar-refractivity contribution >= 4 is 5.97 Å². The van der Waals surface area contributed by atoms with E-state index in [1.54, 1.807) is 6.20 Å². The highest BCUT2D eigenvalue weighted by Gasteiger charge is 2.27. The second-order valence-corrected chi connectivity index (χ2v) is 4.35. The Balaban J connectivity index is 2.16. The smallest absolute Gasteiger partial charge is 0.316 e. The molecule has 0 aliphatic heterocycles. The molecule has 0 unspecified atom stereocenters. The molecule has 0 amide bonds. The van der Waals surface area contributed by atoms with Gasteiger partial charge in [-0.15, -0.1) is 0 Å². The molecule has 1 aliphatic carbocycles. The van der Waals surface area contributed by atoms with Gasteiger partial charge in [-0.25, -0.2) is 0 Å². The first-order valence-electron chi connectivity index (χ1n) is 5.62. The van der Waals surface area contributed by atoms with Gasteiger partial charge in [-0.05, 0) is 25.7 Å². The van der Waals surface area contributed by atoms with Crippen LogP contribution in [0.5, 0.6) is 0 Å². The molecule has 1 heterocycles. The van der Waals surface area contributed by atoms with Crippen molar-refractivity contribution in [1.29, 1.82) is 0 Å². The first-order chi connectivity index (χ1) is 8.09. The highest BCUT2D eigenvalue weighted by molar-refractivity contribution is 5.70. The summed E-state index contributed by atoms with van der Waals surface area (Å²) >= 11 is 0. The van der Waals surface area contributed by atoms with Crippen molar-refractivity contribution in [2.75, 3.05) is 0 Å². The maximum Gasteiger partial charge on any atom is 0.316 e. The lowest BCUT2D eigenvalue weighted by atomic mass is 9.86. The number of H-pyrrole nitrogens is 1. The van der Waals surface area contributed by atoms with E-state index in [-0.39, 0.29) is 12.0 Å². The minimum absolute atomic E-state index is 0.0552. The molecule has 1 fully saturated rings. The first-order valence-corrected chi connectivity index (χ1v) is 5.62. The molecule has 0 bridgehead atoms. The van der Waals surface area contributed by atoms with Crippen molar-refractivity contribution in [1.82, 2.24) is 9.55 Å². The number of carboxylic acid groups (broad SMARTS) is 1. The second kappa shape index (κ2) is 4.57. The number of nitrogens with zero attached hydrogens (tertiary/aromatic N) is 1. The van der Waals surface area contributed by atoms with Gasteiger partial charge in [0.05, 0.1) is 5.92 Å². The van der Waals surface area contributed by atoms with Crippen LogP contribution in [0.15, 0.2) is 22.0 Å². The molecule has 0 aromatic carbocycles. The number of nitrogens with one attached hydrogen (secondary N) is 1. The molecule has 92 valence electrons. The van der Waals surface area contributed by atoms with Crippen molar-refractivity contribution in [2.24, 2.45) is 5.92 Å². The van der Waals surface area contributed by atoms with Crippen LogP contribution in [-0.2, 0) is 4.79 Å². The third kappa shape index (κ3) is 2.30. The highest BCUT2D eigenvalue weighted by atomic mass is 16.4. The topological polar surface area (TPSA) is 92.2 Å². The zero-order valence-corrected chi connectivity index (χ0v) is 9.26. The van der Waals surface area contributed by atoms with Gasteiger partial charge in [0.1, 0.15) is 0 Å². The average molecular weight is 238 g/mol. The fraction of sp³-hybridized carbons (Fsp3) is 0.545. The zero-order valence-electron chi connectivity index (χ0n) is 9.26. The second-order valence-electron chi connectivity index (χ2n) is 4.35. The minimum Gasteiger partial charge on any atom is -0.481 e. The first kappa shape index (κ1) is 11.6. The van der Waals surface area contributed by atoms with Gasteiger partial charge in [-0.1, -0.05) is 0 Å². The number of aromatic amines is 1. The van der Waals surface area contributed by atoms with Gasteiger partial charge in [-0.2, -0.15) is 0 Å². The lowest BCUT2D eigenvalue weighted by Crippen LogP contribution is -2.38. The summed E-state index contributed by atoms with van der Waals surface area (Å²) in [5, 5.41) is 8.87. The predicted molar refractivity (Wildman–Crippen MR) is 60.0 cm³/mol. The van der Waals surface area contributed by atoms with Crippen molar-refractivity contribution in [3.8, 4) is 0 Å². The number of carbonyl (C=O) groups is 1. The summed E-state index contributed by atoms with van der Waals surface area (Å²) in [6.07, 6.45) is 5.35. The van der Waals surface area contributed by atoms with Crippen molar-refractivity contribution in [3.05, 3.63) is 33.1 Å². The van der Waals surface area contributed by atoms with E-state index in [0.29, 0.717) is 25.7 Å². The number of hydrogen-bond donors (Lipinski definition) is 2. The molecular formula is C11H14N2O4. The zero-order chi connectivity index (χ0) is 12.4. The van der Waals surface area contributed by atoms with Crippen molar-refractivity contribution in [3.63, 3.8) is 0 Å². The van der Waals surface area contributed by atoms with Crippen LogP contribution in [0.4, 0.5) is 0 Å². The van der Waals surface area contributed by atoms with E-state index in [0.717, 1.165) is 0 Å². The Bertz CT molecular complexity index is 523. The molecule has 0 radical (unpaired) electrons. The van der Waals surface area contributed by atoms with E-state index in [4.69, 9.17) is 5.11 Å². The quantitative estimate of drug-likeness (QED) is 0.727. The lowest BCUT2D eigenvalue weighted by Gasteiger charge is -2.27. The van der Waals surface area contributed by atoms with Crippen LogP contribution in [0, 0.1) is 5.92 Å².